The zero-order chi connectivity index (χ0) is 21.4. The highest BCUT2D eigenvalue weighted by atomic mass is 35.5. The summed E-state index contributed by atoms with van der Waals surface area (Å²) in [6.07, 6.45) is 3.40. The second-order valence-corrected chi connectivity index (χ2v) is 14.4. The Morgan fingerprint density at radius 3 is 2.69 bits per heavy atom. The van der Waals surface area contributed by atoms with Gasteiger partial charge in [0.05, 0.1) is 5.92 Å². The van der Waals surface area contributed by atoms with Gasteiger partial charge in [-0.05, 0) is 40.9 Å². The number of pyridine rings is 1. The zero-order valence-corrected chi connectivity index (χ0v) is 19.3. The van der Waals surface area contributed by atoms with Crippen LogP contribution in [0.5, 0.6) is 0 Å². The minimum absolute atomic E-state index is 0.209. The molecule has 2 aromatic rings. The Kier molecular flexibility index (Phi) is 8.73. The molecule has 2 aromatic heterocycles. The molecular formula is C19H30ClN5O3Si. The molecule has 1 unspecified atom stereocenters. The van der Waals surface area contributed by atoms with Gasteiger partial charge in [0.2, 0.25) is 0 Å². The van der Waals surface area contributed by atoms with E-state index in [9.17, 15) is 9.90 Å². The van der Waals surface area contributed by atoms with Crippen LogP contribution < -0.4 is 0 Å². The average Bonchev–Trinajstić information content (AvgIpc) is 3.10. The van der Waals surface area contributed by atoms with Gasteiger partial charge in [-0.3, -0.25) is 4.79 Å². The fraction of sp³-hybridized carbons (Fsp3) is 0.632. The zero-order valence-electron chi connectivity index (χ0n) is 17.5. The van der Waals surface area contributed by atoms with Crippen molar-refractivity contribution < 1.29 is 14.6 Å². The summed E-state index contributed by atoms with van der Waals surface area (Å²) in [6, 6.07) is 4.59. The number of nitrogens with zero attached hydrogens (tertiary/aromatic N) is 5. The third-order valence-electron chi connectivity index (χ3n) is 4.75. The van der Waals surface area contributed by atoms with E-state index in [1.807, 2.05) is 13.0 Å². The first kappa shape index (κ1) is 23.4. The van der Waals surface area contributed by atoms with Crippen molar-refractivity contribution in [2.75, 3.05) is 6.61 Å². The molecule has 1 N–H and O–H groups in total. The Morgan fingerprint density at radius 2 is 2.10 bits per heavy atom. The monoisotopic (exact) mass is 439 g/mol. The molecular weight excluding hydrogens is 410 g/mol. The fourth-order valence-corrected chi connectivity index (χ4v) is 3.97. The third-order valence-corrected chi connectivity index (χ3v) is 6.68. The molecule has 2 atom stereocenters. The average molecular weight is 440 g/mol. The van der Waals surface area contributed by atoms with Crippen LogP contribution in [0.4, 0.5) is 0 Å². The number of hydrogen-bond acceptors (Lipinski definition) is 6. The molecule has 0 radical (unpaired) electrons. The number of aliphatic carboxylic acids is 1. The van der Waals surface area contributed by atoms with Gasteiger partial charge in [0, 0.05) is 26.8 Å². The highest BCUT2D eigenvalue weighted by Crippen LogP contribution is 2.31. The summed E-state index contributed by atoms with van der Waals surface area (Å²) in [5.74, 6) is -1.34. The van der Waals surface area contributed by atoms with E-state index >= 15 is 0 Å². The molecule has 8 nitrogen and oxygen atoms in total. The molecule has 0 spiro atoms. The standard InChI is InChI=1S/C19H30ClN5O3Si/c1-5-6-15(19(26)27)16(11-14-7-8-17(20)21-12-14)18-22-23-24-25(18)13-28-9-10-29(2,3)4/h7-8,12,15-16H,5-6,9-11,13H2,1-4H3,(H,26,27)/t15?,16-/m0/s1. The van der Waals surface area contributed by atoms with Crippen molar-refractivity contribution in [1.82, 2.24) is 25.2 Å². The van der Waals surface area contributed by atoms with Crippen LogP contribution in [0.3, 0.4) is 0 Å². The number of rotatable bonds is 12. The van der Waals surface area contributed by atoms with Crippen LogP contribution in [0.2, 0.25) is 30.8 Å². The van der Waals surface area contributed by atoms with Crippen LogP contribution >= 0.6 is 11.6 Å². The molecule has 0 aliphatic carbocycles. The van der Waals surface area contributed by atoms with Gasteiger partial charge in [0.25, 0.3) is 0 Å². The molecule has 0 fully saturated rings. The Hall–Kier alpha value is -1.84. The van der Waals surface area contributed by atoms with Crippen LogP contribution in [-0.2, 0) is 22.7 Å². The predicted molar refractivity (Wildman–Crippen MR) is 114 cm³/mol. The first-order valence-corrected chi connectivity index (χ1v) is 14.0. The molecule has 0 saturated carbocycles. The Bertz CT molecular complexity index is 779. The maximum Gasteiger partial charge on any atom is 0.307 e. The van der Waals surface area contributed by atoms with Gasteiger partial charge in [-0.15, -0.1) is 5.10 Å². The lowest BCUT2D eigenvalue weighted by molar-refractivity contribution is -0.143. The van der Waals surface area contributed by atoms with Crippen LogP contribution in [0.25, 0.3) is 0 Å². The normalized spacial score (nSPS) is 14.0. The van der Waals surface area contributed by atoms with Crippen molar-refractivity contribution in [2.45, 2.75) is 64.5 Å². The number of carboxylic acid groups (broad SMARTS) is 1. The first-order chi connectivity index (χ1) is 13.7. The molecule has 0 amide bonds. The van der Waals surface area contributed by atoms with Gasteiger partial charge in [0.1, 0.15) is 11.9 Å². The van der Waals surface area contributed by atoms with Crippen LogP contribution in [0.15, 0.2) is 18.3 Å². The molecule has 29 heavy (non-hydrogen) atoms. The van der Waals surface area contributed by atoms with Crippen molar-refractivity contribution in [3.63, 3.8) is 0 Å². The van der Waals surface area contributed by atoms with Gasteiger partial charge in [0.15, 0.2) is 5.82 Å². The lowest BCUT2D eigenvalue weighted by atomic mass is 9.83. The smallest absolute Gasteiger partial charge is 0.307 e. The molecule has 0 aromatic carbocycles. The van der Waals surface area contributed by atoms with E-state index in [-0.39, 0.29) is 6.73 Å². The van der Waals surface area contributed by atoms with Gasteiger partial charge < -0.3 is 9.84 Å². The largest absolute Gasteiger partial charge is 0.481 e. The highest BCUT2D eigenvalue weighted by Gasteiger charge is 2.33. The third kappa shape index (κ3) is 7.49. The summed E-state index contributed by atoms with van der Waals surface area (Å²) in [5, 5.41) is 22.2. The van der Waals surface area contributed by atoms with E-state index in [0.717, 1.165) is 18.0 Å². The number of aromatic nitrogens is 5. The van der Waals surface area contributed by atoms with E-state index < -0.39 is 25.9 Å². The molecule has 0 bridgehead atoms. The van der Waals surface area contributed by atoms with E-state index in [0.29, 0.717) is 30.4 Å². The number of hydrogen-bond donors (Lipinski definition) is 1. The molecule has 160 valence electrons. The second-order valence-electron chi connectivity index (χ2n) is 8.42. The summed E-state index contributed by atoms with van der Waals surface area (Å²) in [7, 11) is -1.20. The molecule has 2 rings (SSSR count). The van der Waals surface area contributed by atoms with Gasteiger partial charge >= 0.3 is 5.97 Å². The molecule has 0 saturated heterocycles. The molecule has 10 heteroatoms. The van der Waals surface area contributed by atoms with Gasteiger partial charge in [-0.2, -0.15) is 0 Å². The summed E-state index contributed by atoms with van der Waals surface area (Å²) in [5.41, 5.74) is 0.885. The van der Waals surface area contributed by atoms with E-state index in [2.05, 4.69) is 40.2 Å². The number of ether oxygens (including phenoxy) is 1. The number of halogens is 1. The van der Waals surface area contributed by atoms with Crippen molar-refractivity contribution in [3.05, 3.63) is 34.9 Å². The minimum Gasteiger partial charge on any atom is -0.481 e. The molecule has 2 heterocycles. The number of carboxylic acids is 1. The summed E-state index contributed by atoms with van der Waals surface area (Å²) >= 11 is 5.88. The summed E-state index contributed by atoms with van der Waals surface area (Å²) in [4.78, 5) is 16.1. The van der Waals surface area contributed by atoms with E-state index in [4.69, 9.17) is 16.3 Å². The van der Waals surface area contributed by atoms with Crippen molar-refractivity contribution >= 4 is 25.6 Å². The topological polar surface area (TPSA) is 103 Å². The summed E-state index contributed by atoms with van der Waals surface area (Å²) < 4.78 is 7.36. The SMILES string of the molecule is CCCC(C(=O)O)[C@H](Cc1ccc(Cl)nc1)c1nnnn1COCC[Si](C)(C)C. The summed E-state index contributed by atoms with van der Waals surface area (Å²) in [6.45, 7) is 9.68. The number of carbonyl (C=O) groups is 1. The van der Waals surface area contributed by atoms with Gasteiger partial charge in [-0.1, -0.05) is 50.7 Å². The maximum atomic E-state index is 12.0. The van der Waals surface area contributed by atoms with Crippen LogP contribution in [0.1, 0.15) is 37.1 Å². The van der Waals surface area contributed by atoms with Crippen molar-refractivity contribution in [2.24, 2.45) is 5.92 Å². The predicted octanol–water partition coefficient (Wildman–Crippen LogP) is 3.86. The quantitative estimate of drug-likeness (QED) is 0.304. The molecule has 0 aliphatic heterocycles. The van der Waals surface area contributed by atoms with E-state index in [1.54, 1.807) is 16.9 Å². The maximum absolute atomic E-state index is 12.0. The van der Waals surface area contributed by atoms with Crippen LogP contribution in [-0.4, -0.2) is 50.9 Å². The van der Waals surface area contributed by atoms with Crippen molar-refractivity contribution in [1.29, 1.82) is 0 Å². The second kappa shape index (κ2) is 10.8. The first-order valence-electron chi connectivity index (χ1n) is 9.88. The minimum atomic E-state index is -1.20. The number of tetrazole rings is 1. The lowest BCUT2D eigenvalue weighted by Gasteiger charge is -2.23. The Labute approximate surface area is 177 Å². The van der Waals surface area contributed by atoms with E-state index in [1.165, 1.54) is 0 Å². The van der Waals surface area contributed by atoms with Crippen LogP contribution in [0, 0.1) is 5.92 Å². The Morgan fingerprint density at radius 1 is 1.34 bits per heavy atom. The Balaban J connectivity index is 2.23. The fourth-order valence-electron chi connectivity index (χ4n) is 3.10. The van der Waals surface area contributed by atoms with Gasteiger partial charge in [-0.25, -0.2) is 9.67 Å². The molecule has 0 aliphatic rings. The highest BCUT2D eigenvalue weighted by molar-refractivity contribution is 6.76. The van der Waals surface area contributed by atoms with Crippen molar-refractivity contribution in [3.8, 4) is 0 Å². The lowest BCUT2D eigenvalue weighted by Crippen LogP contribution is -2.27.